The fourth-order valence-electron chi connectivity index (χ4n) is 2.48. The second-order valence-electron chi connectivity index (χ2n) is 7.87. The fraction of sp³-hybridized carbons (Fsp3) is 0.350. The summed E-state index contributed by atoms with van der Waals surface area (Å²) in [5.74, 6) is -0.239. The number of carbonyl (C=O) groups is 1. The van der Waals surface area contributed by atoms with Crippen LogP contribution in [-0.2, 0) is 14.8 Å². The third-order valence-corrected chi connectivity index (χ3v) is 7.55. The Kier molecular flexibility index (Phi) is 6.89. The quantitative estimate of drug-likeness (QED) is 0.590. The molecule has 1 amide bonds. The number of aromatic nitrogens is 1. The summed E-state index contributed by atoms with van der Waals surface area (Å²) in [7, 11) is -1.86. The first kappa shape index (κ1) is 23.5. The highest BCUT2D eigenvalue weighted by Crippen LogP contribution is 2.31. The minimum Gasteiger partial charge on any atom is -0.396 e. The summed E-state index contributed by atoms with van der Waals surface area (Å²) < 4.78 is 24.8. The monoisotopic (exact) mass is 480 g/mol. The van der Waals surface area contributed by atoms with Crippen LogP contribution in [0.5, 0.6) is 0 Å². The number of hydrogen-bond donors (Lipinski definition) is 2. The summed E-state index contributed by atoms with van der Waals surface area (Å²) in [5, 5.41) is 15.1. The molecule has 0 atom stereocenters. The number of amides is 1. The number of sulfonamides is 1. The van der Waals surface area contributed by atoms with E-state index in [1.54, 1.807) is 24.3 Å². The molecule has 0 aliphatic carbocycles. The van der Waals surface area contributed by atoms with Gasteiger partial charge < -0.3 is 10.4 Å². The molecule has 31 heavy (non-hydrogen) atoms. The van der Waals surface area contributed by atoms with Gasteiger partial charge in [-0.2, -0.15) is 0 Å². The molecule has 1 fully saturated rings. The number of rotatable bonds is 7. The molecule has 1 aromatic carbocycles. The maximum atomic E-state index is 12.3. The number of thioether (sulfide) groups is 1. The number of hydrogen-bond acceptors (Lipinski definition) is 8. The molecular weight excluding hydrogens is 456 g/mol. The average Bonchev–Trinajstić information content (AvgIpc) is 3.32. The summed E-state index contributed by atoms with van der Waals surface area (Å²) in [6.07, 6.45) is 2.85. The molecule has 0 saturated carbocycles. The lowest BCUT2D eigenvalue weighted by Gasteiger charge is -2.18. The number of aliphatic hydroxyl groups excluding tert-OH is 1. The highest BCUT2D eigenvalue weighted by atomic mass is 32.2. The molecule has 1 aromatic heterocycles. The van der Waals surface area contributed by atoms with Gasteiger partial charge in [-0.3, -0.25) is 14.1 Å². The molecule has 166 valence electrons. The number of benzene rings is 1. The van der Waals surface area contributed by atoms with Crippen LogP contribution in [0.1, 0.15) is 19.5 Å². The summed E-state index contributed by atoms with van der Waals surface area (Å²) in [4.78, 5) is 21.7. The Bertz CT molecular complexity index is 1150. The van der Waals surface area contributed by atoms with Crippen LogP contribution in [-0.4, -0.2) is 56.0 Å². The Hall–Kier alpha value is -2.21. The Morgan fingerprint density at radius 2 is 2.10 bits per heavy atom. The van der Waals surface area contributed by atoms with E-state index in [0.29, 0.717) is 28.0 Å². The number of nitrogens with one attached hydrogen (secondary N) is 1. The second kappa shape index (κ2) is 9.11. The van der Waals surface area contributed by atoms with Gasteiger partial charge in [0, 0.05) is 36.6 Å². The number of thiazole rings is 1. The van der Waals surface area contributed by atoms with Gasteiger partial charge in [-0.25, -0.2) is 13.4 Å². The van der Waals surface area contributed by atoms with Crippen LogP contribution in [0.3, 0.4) is 0 Å². The van der Waals surface area contributed by atoms with Crippen LogP contribution in [0, 0.1) is 5.41 Å². The van der Waals surface area contributed by atoms with Crippen molar-refractivity contribution in [3.05, 3.63) is 40.2 Å². The Balaban J connectivity index is 1.78. The van der Waals surface area contributed by atoms with E-state index in [1.165, 1.54) is 34.5 Å². The van der Waals surface area contributed by atoms with E-state index in [9.17, 15) is 18.3 Å². The van der Waals surface area contributed by atoms with E-state index in [2.05, 4.69) is 15.3 Å². The number of carbonyl (C=O) groups excluding carboxylic acids is 1. The zero-order valence-corrected chi connectivity index (χ0v) is 20.1. The maximum Gasteiger partial charge on any atom is 0.264 e. The van der Waals surface area contributed by atoms with Crippen LogP contribution in [0.15, 0.2) is 39.5 Å². The maximum absolute atomic E-state index is 12.3. The molecule has 1 aliphatic rings. The Morgan fingerprint density at radius 3 is 2.77 bits per heavy atom. The minimum absolute atomic E-state index is 0.00781. The van der Waals surface area contributed by atoms with Crippen molar-refractivity contribution >= 4 is 56.0 Å². The highest BCUT2D eigenvalue weighted by molar-refractivity contribution is 8.18. The second-order valence-corrected chi connectivity index (χ2v) is 11.8. The van der Waals surface area contributed by atoms with Crippen molar-refractivity contribution in [3.63, 3.8) is 0 Å². The van der Waals surface area contributed by atoms with Crippen LogP contribution in [0.4, 0.5) is 5.69 Å². The van der Waals surface area contributed by atoms with Crippen LogP contribution in [0.25, 0.3) is 16.6 Å². The van der Waals surface area contributed by atoms with Crippen molar-refractivity contribution in [2.75, 3.05) is 30.8 Å². The van der Waals surface area contributed by atoms with Gasteiger partial charge in [-0.1, -0.05) is 26.0 Å². The van der Waals surface area contributed by atoms with Crippen molar-refractivity contribution in [2.24, 2.45) is 10.4 Å². The van der Waals surface area contributed by atoms with Crippen molar-refractivity contribution < 1.29 is 18.3 Å². The lowest BCUT2D eigenvalue weighted by molar-refractivity contribution is -0.115. The van der Waals surface area contributed by atoms with Crippen LogP contribution in [0.2, 0.25) is 0 Å². The molecule has 2 aromatic rings. The van der Waals surface area contributed by atoms with Crippen molar-refractivity contribution in [1.29, 1.82) is 0 Å². The summed E-state index contributed by atoms with van der Waals surface area (Å²) in [6.45, 7) is 4.20. The van der Waals surface area contributed by atoms with E-state index >= 15 is 0 Å². The zero-order chi connectivity index (χ0) is 22.8. The number of nitrogens with zero attached hydrogens (tertiary/aromatic N) is 3. The molecule has 3 rings (SSSR count). The molecule has 1 aliphatic heterocycles. The Labute approximate surface area is 190 Å². The molecule has 1 saturated heterocycles. The van der Waals surface area contributed by atoms with Crippen molar-refractivity contribution in [3.8, 4) is 10.6 Å². The molecular formula is C20H24N4O4S3. The SMILES string of the molecule is CN(c1cccc(-c2nc(/C=C3\SC(=NCC(C)(C)CO)NC3=O)cs2)c1)S(C)(=O)=O. The molecule has 8 nitrogen and oxygen atoms in total. The van der Waals surface area contributed by atoms with Gasteiger partial charge in [-0.05, 0) is 30.0 Å². The van der Waals surface area contributed by atoms with Gasteiger partial charge >= 0.3 is 0 Å². The number of amidine groups is 1. The van der Waals surface area contributed by atoms with Crippen molar-refractivity contribution in [2.45, 2.75) is 13.8 Å². The summed E-state index contributed by atoms with van der Waals surface area (Å²) in [6, 6.07) is 7.13. The number of aliphatic imine (C=N–C) groups is 1. The van der Waals surface area contributed by atoms with Crippen molar-refractivity contribution in [1.82, 2.24) is 10.3 Å². The predicted molar refractivity (Wildman–Crippen MR) is 128 cm³/mol. The van der Waals surface area contributed by atoms with Gasteiger partial charge in [0.2, 0.25) is 10.0 Å². The third-order valence-electron chi connectivity index (χ3n) is 4.48. The molecule has 0 bridgehead atoms. The largest absolute Gasteiger partial charge is 0.396 e. The topological polar surface area (TPSA) is 112 Å². The first-order chi connectivity index (χ1) is 14.5. The van der Waals surface area contributed by atoms with Crippen LogP contribution < -0.4 is 9.62 Å². The molecule has 0 spiro atoms. The predicted octanol–water partition coefficient (Wildman–Crippen LogP) is 2.78. The standard InChI is InChI=1S/C20H24N4O4S3/c1-20(2,12-25)11-21-19-23-17(26)16(30-19)9-14-10-29-18(22-14)13-6-5-7-15(8-13)24(3)31(4,27)28/h5-10,25H,11-12H2,1-4H3,(H,21,23,26)/b16-9-. The van der Waals surface area contributed by atoms with Gasteiger partial charge in [0.1, 0.15) is 5.01 Å². The van der Waals surface area contributed by atoms with E-state index in [1.807, 2.05) is 25.3 Å². The average molecular weight is 481 g/mol. The first-order valence-electron chi connectivity index (χ1n) is 9.34. The van der Waals surface area contributed by atoms with Gasteiger partial charge in [0.15, 0.2) is 5.17 Å². The smallest absolute Gasteiger partial charge is 0.264 e. The molecule has 0 radical (unpaired) electrons. The number of aliphatic hydroxyl groups is 1. The van der Waals surface area contributed by atoms with Gasteiger partial charge in [-0.15, -0.1) is 11.3 Å². The third kappa shape index (κ3) is 5.94. The van der Waals surface area contributed by atoms with E-state index < -0.39 is 10.0 Å². The lowest BCUT2D eigenvalue weighted by atomic mass is 9.95. The molecule has 2 N–H and O–H groups in total. The normalized spacial score (nSPS) is 17.4. The number of anilines is 1. The van der Waals surface area contributed by atoms with Gasteiger partial charge in [0.05, 0.1) is 22.5 Å². The van der Waals surface area contributed by atoms with E-state index in [-0.39, 0.29) is 17.9 Å². The molecule has 2 heterocycles. The fourth-order valence-corrected chi connectivity index (χ4v) is 4.56. The first-order valence-corrected chi connectivity index (χ1v) is 12.9. The lowest BCUT2D eigenvalue weighted by Crippen LogP contribution is -2.24. The van der Waals surface area contributed by atoms with E-state index in [4.69, 9.17) is 0 Å². The minimum atomic E-state index is -3.36. The Morgan fingerprint density at radius 1 is 1.35 bits per heavy atom. The van der Waals surface area contributed by atoms with E-state index in [0.717, 1.165) is 16.8 Å². The summed E-state index contributed by atoms with van der Waals surface area (Å²) >= 11 is 2.65. The molecule has 0 unspecified atom stereocenters. The highest BCUT2D eigenvalue weighted by Gasteiger charge is 2.25. The molecule has 11 heteroatoms. The van der Waals surface area contributed by atoms with Gasteiger partial charge in [0.25, 0.3) is 5.91 Å². The zero-order valence-electron chi connectivity index (χ0n) is 17.6. The van der Waals surface area contributed by atoms with Crippen LogP contribution >= 0.6 is 23.1 Å². The summed E-state index contributed by atoms with van der Waals surface area (Å²) in [5.41, 5.74) is 1.62.